The van der Waals surface area contributed by atoms with Gasteiger partial charge in [0.1, 0.15) is 5.75 Å². The van der Waals surface area contributed by atoms with Gasteiger partial charge in [-0.1, -0.05) is 25.1 Å². The molecule has 1 aliphatic rings. The number of hydrogen-bond acceptors (Lipinski definition) is 2. The molecule has 1 saturated heterocycles. The lowest BCUT2D eigenvalue weighted by Gasteiger charge is -2.41. The summed E-state index contributed by atoms with van der Waals surface area (Å²) in [7, 11) is 0. The van der Waals surface area contributed by atoms with Crippen molar-refractivity contribution in [1.29, 1.82) is 0 Å². The number of phenolic OH excluding ortho intramolecular Hbond substituents is 1. The molecule has 1 aliphatic heterocycles. The minimum atomic E-state index is -0.00116. The smallest absolute Gasteiger partial charge is 0.118 e. The van der Waals surface area contributed by atoms with E-state index >= 15 is 0 Å². The predicted octanol–water partition coefficient (Wildman–Crippen LogP) is 2.50. The average molecular weight is 192 g/mol. The first kappa shape index (κ1) is 9.53. The van der Waals surface area contributed by atoms with Crippen LogP contribution in [0.3, 0.4) is 0 Å². The van der Waals surface area contributed by atoms with E-state index in [-0.39, 0.29) is 5.60 Å². The van der Waals surface area contributed by atoms with Crippen LogP contribution in [0.4, 0.5) is 0 Å². The van der Waals surface area contributed by atoms with Crippen LogP contribution in [0.1, 0.15) is 25.3 Å². The Morgan fingerprint density at radius 3 is 2.64 bits per heavy atom. The zero-order valence-corrected chi connectivity index (χ0v) is 8.49. The maximum absolute atomic E-state index is 9.63. The molecule has 0 spiro atoms. The lowest BCUT2D eigenvalue weighted by molar-refractivity contribution is -0.148. The van der Waals surface area contributed by atoms with Gasteiger partial charge in [0.2, 0.25) is 0 Å². The Morgan fingerprint density at radius 2 is 2.14 bits per heavy atom. The van der Waals surface area contributed by atoms with Gasteiger partial charge in [-0.15, -0.1) is 0 Å². The normalized spacial score (nSPS) is 25.8. The topological polar surface area (TPSA) is 29.5 Å². The van der Waals surface area contributed by atoms with Gasteiger partial charge in [-0.05, 0) is 18.1 Å². The molecule has 0 bridgehead atoms. The SMILES string of the molecule is CCC1(Cc2ccccc2O)CCO1. The second-order valence-electron chi connectivity index (χ2n) is 3.94. The Balaban J connectivity index is 2.13. The fourth-order valence-corrected chi connectivity index (χ4v) is 1.94. The molecule has 2 heteroatoms. The Morgan fingerprint density at radius 1 is 1.43 bits per heavy atom. The van der Waals surface area contributed by atoms with E-state index in [1.807, 2.05) is 18.2 Å². The maximum Gasteiger partial charge on any atom is 0.118 e. The molecule has 2 nitrogen and oxygen atoms in total. The highest BCUT2D eigenvalue weighted by molar-refractivity contribution is 5.33. The van der Waals surface area contributed by atoms with Gasteiger partial charge in [0, 0.05) is 12.8 Å². The monoisotopic (exact) mass is 192 g/mol. The van der Waals surface area contributed by atoms with Gasteiger partial charge in [-0.2, -0.15) is 0 Å². The summed E-state index contributed by atoms with van der Waals surface area (Å²) < 4.78 is 5.62. The van der Waals surface area contributed by atoms with Crippen LogP contribution >= 0.6 is 0 Å². The van der Waals surface area contributed by atoms with Gasteiger partial charge in [-0.25, -0.2) is 0 Å². The lowest BCUT2D eigenvalue weighted by Crippen LogP contribution is -2.45. The molecule has 1 N–H and O–H groups in total. The number of benzene rings is 1. The Hall–Kier alpha value is -1.02. The Labute approximate surface area is 84.5 Å². The predicted molar refractivity (Wildman–Crippen MR) is 55.4 cm³/mol. The molecule has 0 radical (unpaired) electrons. The van der Waals surface area contributed by atoms with E-state index in [1.165, 1.54) is 0 Å². The van der Waals surface area contributed by atoms with E-state index in [9.17, 15) is 5.11 Å². The minimum absolute atomic E-state index is 0.00116. The average Bonchev–Trinajstić information content (AvgIpc) is 2.14. The van der Waals surface area contributed by atoms with Crippen LogP contribution in [-0.2, 0) is 11.2 Å². The molecule has 14 heavy (non-hydrogen) atoms. The van der Waals surface area contributed by atoms with E-state index in [2.05, 4.69) is 6.92 Å². The molecule has 1 heterocycles. The van der Waals surface area contributed by atoms with Gasteiger partial charge in [0.25, 0.3) is 0 Å². The Kier molecular flexibility index (Phi) is 2.46. The molecular formula is C12H16O2. The summed E-state index contributed by atoms with van der Waals surface area (Å²) in [6.45, 7) is 3.00. The summed E-state index contributed by atoms with van der Waals surface area (Å²) in [6, 6.07) is 7.50. The first-order valence-corrected chi connectivity index (χ1v) is 5.17. The standard InChI is InChI=1S/C12H16O2/c1-2-12(7-8-14-12)9-10-5-3-4-6-11(10)13/h3-6,13H,2,7-9H2,1H3. The molecule has 0 amide bonds. The lowest BCUT2D eigenvalue weighted by atomic mass is 9.85. The zero-order valence-electron chi connectivity index (χ0n) is 8.49. The van der Waals surface area contributed by atoms with Crippen LogP contribution in [0, 0.1) is 0 Å². The first-order valence-electron chi connectivity index (χ1n) is 5.17. The third kappa shape index (κ3) is 1.62. The molecule has 1 atom stereocenters. The number of hydrogen-bond donors (Lipinski definition) is 1. The summed E-state index contributed by atoms with van der Waals surface area (Å²) in [5, 5.41) is 9.63. The van der Waals surface area contributed by atoms with Crippen molar-refractivity contribution in [2.75, 3.05) is 6.61 Å². The molecule has 76 valence electrons. The molecule has 1 unspecified atom stereocenters. The summed E-state index contributed by atoms with van der Waals surface area (Å²) in [4.78, 5) is 0. The quantitative estimate of drug-likeness (QED) is 0.797. The van der Waals surface area contributed by atoms with Crippen LogP contribution in [0.5, 0.6) is 5.75 Å². The molecule has 1 aromatic carbocycles. The van der Waals surface area contributed by atoms with Crippen LogP contribution in [0.25, 0.3) is 0 Å². The number of para-hydroxylation sites is 1. The minimum Gasteiger partial charge on any atom is -0.508 e. The first-order chi connectivity index (χ1) is 6.76. The van der Waals surface area contributed by atoms with E-state index in [0.29, 0.717) is 5.75 Å². The van der Waals surface area contributed by atoms with E-state index < -0.39 is 0 Å². The summed E-state index contributed by atoms with van der Waals surface area (Å²) in [5.41, 5.74) is 0.993. The van der Waals surface area contributed by atoms with E-state index in [0.717, 1.165) is 31.4 Å². The molecule has 2 rings (SSSR count). The maximum atomic E-state index is 9.63. The van der Waals surface area contributed by atoms with E-state index in [4.69, 9.17) is 4.74 Å². The number of aromatic hydroxyl groups is 1. The highest BCUT2D eigenvalue weighted by Crippen LogP contribution is 2.35. The molecule has 1 fully saturated rings. The van der Waals surface area contributed by atoms with Crippen molar-refractivity contribution in [2.45, 2.75) is 31.8 Å². The van der Waals surface area contributed by atoms with Crippen molar-refractivity contribution in [2.24, 2.45) is 0 Å². The van der Waals surface area contributed by atoms with Gasteiger partial charge >= 0.3 is 0 Å². The molecule has 0 aliphatic carbocycles. The second-order valence-corrected chi connectivity index (χ2v) is 3.94. The summed E-state index contributed by atoms with van der Waals surface area (Å²) in [5.74, 6) is 0.385. The number of phenols is 1. The van der Waals surface area contributed by atoms with Crippen LogP contribution in [0.15, 0.2) is 24.3 Å². The third-order valence-corrected chi connectivity index (χ3v) is 3.11. The van der Waals surface area contributed by atoms with Crippen molar-refractivity contribution in [3.05, 3.63) is 29.8 Å². The van der Waals surface area contributed by atoms with Gasteiger partial charge in [0.05, 0.1) is 12.2 Å². The van der Waals surface area contributed by atoms with E-state index in [1.54, 1.807) is 6.07 Å². The second kappa shape index (κ2) is 3.62. The third-order valence-electron chi connectivity index (χ3n) is 3.11. The fourth-order valence-electron chi connectivity index (χ4n) is 1.94. The van der Waals surface area contributed by atoms with Crippen molar-refractivity contribution in [1.82, 2.24) is 0 Å². The number of rotatable bonds is 3. The highest BCUT2D eigenvalue weighted by atomic mass is 16.5. The summed E-state index contributed by atoms with van der Waals surface area (Å²) in [6.07, 6.45) is 2.95. The molecule has 0 aromatic heterocycles. The highest BCUT2D eigenvalue weighted by Gasteiger charge is 2.36. The van der Waals surface area contributed by atoms with Gasteiger partial charge in [0.15, 0.2) is 0 Å². The van der Waals surface area contributed by atoms with Gasteiger partial charge in [-0.3, -0.25) is 0 Å². The number of ether oxygens (including phenoxy) is 1. The zero-order chi connectivity index (χ0) is 10.0. The van der Waals surface area contributed by atoms with Crippen molar-refractivity contribution >= 4 is 0 Å². The largest absolute Gasteiger partial charge is 0.508 e. The van der Waals surface area contributed by atoms with Crippen molar-refractivity contribution in [3.8, 4) is 5.75 Å². The van der Waals surface area contributed by atoms with Crippen LogP contribution in [0.2, 0.25) is 0 Å². The van der Waals surface area contributed by atoms with Crippen LogP contribution in [-0.4, -0.2) is 17.3 Å². The molecule has 0 saturated carbocycles. The summed E-state index contributed by atoms with van der Waals surface area (Å²) >= 11 is 0. The fraction of sp³-hybridized carbons (Fsp3) is 0.500. The molecular weight excluding hydrogens is 176 g/mol. The van der Waals surface area contributed by atoms with Crippen molar-refractivity contribution in [3.63, 3.8) is 0 Å². The van der Waals surface area contributed by atoms with Gasteiger partial charge < -0.3 is 9.84 Å². The van der Waals surface area contributed by atoms with Crippen molar-refractivity contribution < 1.29 is 9.84 Å². The Bertz CT molecular complexity index is 310. The molecule has 1 aromatic rings. The van der Waals surface area contributed by atoms with Crippen LogP contribution < -0.4 is 0 Å².